The van der Waals surface area contributed by atoms with E-state index >= 15 is 0 Å². The number of fused-ring (bicyclic) bond motifs is 1. The van der Waals surface area contributed by atoms with Crippen molar-refractivity contribution in [2.45, 2.75) is 121 Å². The third kappa shape index (κ3) is 7.94. The minimum Gasteiger partial charge on any atom is -0.481 e. The molecular weight excluding hydrogens is 692 g/mol. The zero-order chi connectivity index (χ0) is 38.0. The molecule has 2 aliphatic carbocycles. The third-order valence-electron chi connectivity index (χ3n) is 13.1. The minimum atomic E-state index is -0.995. The molecule has 3 heterocycles. The Labute approximate surface area is 316 Å². The summed E-state index contributed by atoms with van der Waals surface area (Å²) >= 11 is 0. The Bertz CT molecular complexity index is 1810. The predicted molar refractivity (Wildman–Crippen MR) is 201 cm³/mol. The summed E-state index contributed by atoms with van der Waals surface area (Å²) in [5, 5.41) is 13.7. The van der Waals surface area contributed by atoms with E-state index in [9.17, 15) is 28.3 Å². The molecule has 3 aromatic rings. The number of halogens is 2. The first-order chi connectivity index (χ1) is 26.1. The molecule has 2 saturated carbocycles. The van der Waals surface area contributed by atoms with E-state index in [-0.39, 0.29) is 49.2 Å². The second-order valence-electron chi connectivity index (χ2n) is 16.3. The quantitative estimate of drug-likeness (QED) is 0.232. The molecular formula is C43H55F2N3O6. The van der Waals surface area contributed by atoms with Crippen LogP contribution in [0, 0.1) is 29.4 Å². The van der Waals surface area contributed by atoms with E-state index in [1.807, 2.05) is 19.9 Å². The first-order valence-corrected chi connectivity index (χ1v) is 20.2. The average Bonchev–Trinajstić information content (AvgIpc) is 3.48. The van der Waals surface area contributed by atoms with Crippen molar-refractivity contribution in [1.29, 1.82) is 0 Å². The molecule has 4 aliphatic rings. The number of nitrogens with one attached hydrogen (secondary N) is 1. The maximum atomic E-state index is 14.9. The second kappa shape index (κ2) is 16.5. The summed E-state index contributed by atoms with van der Waals surface area (Å²) in [6.07, 6.45) is 10.2. The van der Waals surface area contributed by atoms with Gasteiger partial charge in [-0.3, -0.25) is 14.2 Å². The molecule has 0 bridgehead atoms. The van der Waals surface area contributed by atoms with Crippen molar-refractivity contribution < 1.29 is 37.7 Å². The zero-order valence-corrected chi connectivity index (χ0v) is 31.7. The number of benzene rings is 2. The SMILES string of the molecule is CCc1c(CC2CCC(OC3CCOCC3)CC2)c2ccc(F)cc2n1C(=O)N1CCC(C(=O)N[C@H]2CC[C@H](C(=O)O)C[C@@H]2C)(c2ccc(F)cc2)CC1. The summed E-state index contributed by atoms with van der Waals surface area (Å²) in [7, 11) is 0. The number of likely N-dealkylation sites (tertiary alicyclic amines) is 1. The second-order valence-corrected chi connectivity index (χ2v) is 16.3. The van der Waals surface area contributed by atoms with Crippen LogP contribution in [0.5, 0.6) is 0 Å². The predicted octanol–water partition coefficient (Wildman–Crippen LogP) is 7.79. The Morgan fingerprint density at radius 2 is 1.57 bits per heavy atom. The number of hydrogen-bond acceptors (Lipinski definition) is 5. The topological polar surface area (TPSA) is 110 Å². The Morgan fingerprint density at radius 3 is 2.22 bits per heavy atom. The summed E-state index contributed by atoms with van der Waals surface area (Å²) in [6, 6.07) is 10.4. The third-order valence-corrected chi connectivity index (χ3v) is 13.1. The first kappa shape index (κ1) is 38.4. The van der Waals surface area contributed by atoms with Gasteiger partial charge in [-0.2, -0.15) is 0 Å². The summed E-state index contributed by atoms with van der Waals surface area (Å²) in [5.41, 5.74) is 2.28. The Kier molecular flexibility index (Phi) is 11.7. The van der Waals surface area contributed by atoms with Gasteiger partial charge in [-0.05, 0) is 137 Å². The van der Waals surface area contributed by atoms with Gasteiger partial charge < -0.3 is 24.8 Å². The highest BCUT2D eigenvalue weighted by atomic mass is 19.1. The molecule has 3 atom stereocenters. The van der Waals surface area contributed by atoms with Gasteiger partial charge in [0.05, 0.1) is 29.1 Å². The van der Waals surface area contributed by atoms with E-state index in [0.29, 0.717) is 55.5 Å². The maximum absolute atomic E-state index is 14.9. The van der Waals surface area contributed by atoms with Gasteiger partial charge in [0.25, 0.3) is 0 Å². The normalized spacial score (nSPS) is 26.4. The molecule has 2 amide bonds. The molecule has 7 rings (SSSR count). The average molecular weight is 748 g/mol. The van der Waals surface area contributed by atoms with Crippen molar-refractivity contribution in [1.82, 2.24) is 14.8 Å². The number of nitrogens with zero attached hydrogens (tertiary/aromatic N) is 2. The number of amides is 2. The number of aliphatic carboxylic acids is 1. The first-order valence-electron chi connectivity index (χ1n) is 20.2. The van der Waals surface area contributed by atoms with Crippen molar-refractivity contribution in [3.8, 4) is 0 Å². The van der Waals surface area contributed by atoms with Crippen LogP contribution in [0.4, 0.5) is 13.6 Å². The standard InChI is InChI=1S/C43H55F2N3O6/c1-3-38-36(25-28-4-12-33(13-5-28)54-34-16-22-53-23-17-34)35-14-11-32(45)26-39(35)48(38)42(52)47-20-18-43(19-21-47,30-7-9-31(44)10-8-30)41(51)46-37-15-6-29(40(49)50)24-27(37)2/h7-11,14,26-29,33-34,37H,3-6,12-13,15-25H2,1-2H3,(H,46,51)(H,49,50)/t27-,28?,29-,33?,37-/m0/s1. The number of hydrogen-bond donors (Lipinski definition) is 2. The van der Waals surface area contributed by atoms with E-state index in [4.69, 9.17) is 9.47 Å². The van der Waals surface area contributed by atoms with E-state index in [1.54, 1.807) is 21.6 Å². The Balaban J connectivity index is 1.09. The van der Waals surface area contributed by atoms with Gasteiger partial charge in [-0.15, -0.1) is 0 Å². The number of rotatable bonds is 9. The van der Waals surface area contributed by atoms with Crippen LogP contribution in [-0.2, 0) is 37.3 Å². The van der Waals surface area contributed by atoms with E-state index < -0.39 is 28.9 Å². The molecule has 4 fully saturated rings. The lowest BCUT2D eigenvalue weighted by molar-refractivity contribution is -0.143. The number of carbonyl (C=O) groups excluding carboxylic acids is 2. The summed E-state index contributed by atoms with van der Waals surface area (Å²) in [4.78, 5) is 42.3. The van der Waals surface area contributed by atoms with Crippen LogP contribution in [0.2, 0.25) is 0 Å². The van der Waals surface area contributed by atoms with Gasteiger partial charge in [0.1, 0.15) is 11.6 Å². The van der Waals surface area contributed by atoms with Crippen LogP contribution in [0.1, 0.15) is 101 Å². The van der Waals surface area contributed by atoms with Crippen molar-refractivity contribution in [3.05, 3.63) is 70.9 Å². The summed E-state index contributed by atoms with van der Waals surface area (Å²) in [5.74, 6) is -1.76. The lowest BCUT2D eigenvalue weighted by Gasteiger charge is -2.43. The highest BCUT2D eigenvalue weighted by Gasteiger charge is 2.46. The van der Waals surface area contributed by atoms with Crippen LogP contribution < -0.4 is 5.32 Å². The monoisotopic (exact) mass is 747 g/mol. The van der Waals surface area contributed by atoms with Crippen LogP contribution in [0.25, 0.3) is 10.9 Å². The fourth-order valence-electron chi connectivity index (χ4n) is 9.82. The highest BCUT2D eigenvalue weighted by Crippen LogP contribution is 2.40. The fourth-order valence-corrected chi connectivity index (χ4v) is 9.82. The highest BCUT2D eigenvalue weighted by molar-refractivity contribution is 5.96. The van der Waals surface area contributed by atoms with Gasteiger partial charge in [0.2, 0.25) is 5.91 Å². The Hall–Kier alpha value is -3.83. The van der Waals surface area contributed by atoms with Gasteiger partial charge >= 0.3 is 12.0 Å². The molecule has 0 radical (unpaired) electrons. The lowest BCUT2D eigenvalue weighted by Crippen LogP contribution is -2.56. The molecule has 54 heavy (non-hydrogen) atoms. The van der Waals surface area contributed by atoms with Crippen molar-refractivity contribution in [2.75, 3.05) is 26.3 Å². The number of aromatic nitrogens is 1. The fraction of sp³-hybridized carbons (Fsp3) is 0.605. The smallest absolute Gasteiger partial charge is 0.328 e. The van der Waals surface area contributed by atoms with Gasteiger partial charge in [-0.25, -0.2) is 13.6 Å². The summed E-state index contributed by atoms with van der Waals surface area (Å²) < 4.78 is 42.6. The van der Waals surface area contributed by atoms with Gasteiger partial charge in [-0.1, -0.05) is 26.0 Å². The molecule has 0 unspecified atom stereocenters. The molecule has 0 spiro atoms. The van der Waals surface area contributed by atoms with Crippen LogP contribution in [-0.4, -0.2) is 77.0 Å². The Morgan fingerprint density at radius 1 is 0.907 bits per heavy atom. The molecule has 9 nitrogen and oxygen atoms in total. The van der Waals surface area contributed by atoms with Crippen LogP contribution in [0.3, 0.4) is 0 Å². The molecule has 292 valence electrons. The molecule has 11 heteroatoms. The van der Waals surface area contributed by atoms with Gasteiger partial charge in [0, 0.05) is 43.4 Å². The number of carboxylic acid groups (broad SMARTS) is 1. The maximum Gasteiger partial charge on any atom is 0.328 e. The molecule has 2 saturated heterocycles. The molecule has 2 aromatic carbocycles. The largest absolute Gasteiger partial charge is 0.481 e. The van der Waals surface area contributed by atoms with E-state index in [1.165, 1.54) is 24.3 Å². The molecule has 2 N–H and O–H groups in total. The zero-order valence-electron chi connectivity index (χ0n) is 31.7. The minimum absolute atomic E-state index is 0.0136. The number of carbonyl (C=O) groups is 3. The number of ether oxygens (including phenoxy) is 2. The summed E-state index contributed by atoms with van der Waals surface area (Å²) in [6.45, 7) is 6.13. The van der Waals surface area contributed by atoms with Crippen molar-refractivity contribution >= 4 is 28.8 Å². The van der Waals surface area contributed by atoms with Crippen molar-refractivity contribution in [3.63, 3.8) is 0 Å². The molecule has 1 aromatic heterocycles. The molecule has 2 aliphatic heterocycles. The van der Waals surface area contributed by atoms with Crippen LogP contribution in [0.15, 0.2) is 42.5 Å². The van der Waals surface area contributed by atoms with E-state index in [0.717, 1.165) is 74.8 Å². The van der Waals surface area contributed by atoms with Crippen LogP contribution >= 0.6 is 0 Å². The van der Waals surface area contributed by atoms with Gasteiger partial charge in [0.15, 0.2) is 0 Å². The number of carboxylic acids is 1. The lowest BCUT2D eigenvalue weighted by atomic mass is 9.71. The number of piperidine rings is 1. The van der Waals surface area contributed by atoms with E-state index in [2.05, 4.69) is 5.32 Å². The van der Waals surface area contributed by atoms with Crippen molar-refractivity contribution in [2.24, 2.45) is 17.8 Å².